The van der Waals surface area contributed by atoms with Crippen LogP contribution in [0, 0.1) is 12.7 Å². The number of rotatable bonds is 3. The average Bonchev–Trinajstić information content (AvgIpc) is 3.09. The predicted molar refractivity (Wildman–Crippen MR) is 84.2 cm³/mol. The molecule has 3 rings (SSSR count). The van der Waals surface area contributed by atoms with Gasteiger partial charge in [0, 0.05) is 12.6 Å². The van der Waals surface area contributed by atoms with Gasteiger partial charge in [-0.15, -0.1) is 12.4 Å². The summed E-state index contributed by atoms with van der Waals surface area (Å²) >= 11 is 0. The van der Waals surface area contributed by atoms with Crippen LogP contribution in [-0.4, -0.2) is 34.8 Å². The van der Waals surface area contributed by atoms with E-state index in [2.05, 4.69) is 15.7 Å². The molecule has 0 aliphatic carbocycles. The minimum Gasteiger partial charge on any atom is -0.348 e. The van der Waals surface area contributed by atoms with Crippen molar-refractivity contribution in [3.8, 4) is 5.69 Å². The minimum absolute atomic E-state index is 0. The number of nitrogens with one attached hydrogen (secondary N) is 2. The molecule has 1 aliphatic heterocycles. The fourth-order valence-electron chi connectivity index (χ4n) is 2.52. The summed E-state index contributed by atoms with van der Waals surface area (Å²) in [6.45, 7) is 3.56. The Hall–Kier alpha value is -1.92. The predicted octanol–water partition coefficient (Wildman–Crippen LogP) is 1.83. The van der Waals surface area contributed by atoms with Gasteiger partial charge in [-0.05, 0) is 44.2 Å². The van der Waals surface area contributed by atoms with Crippen molar-refractivity contribution in [3.63, 3.8) is 0 Å². The monoisotopic (exact) mass is 324 g/mol. The highest BCUT2D eigenvalue weighted by atomic mass is 35.5. The second-order valence-corrected chi connectivity index (χ2v) is 5.20. The molecule has 0 spiro atoms. The van der Waals surface area contributed by atoms with E-state index in [9.17, 15) is 9.18 Å². The summed E-state index contributed by atoms with van der Waals surface area (Å²) < 4.78 is 14.6. The highest BCUT2D eigenvalue weighted by Crippen LogP contribution is 2.15. The summed E-state index contributed by atoms with van der Waals surface area (Å²) in [6, 6.07) is 6.20. The van der Waals surface area contributed by atoms with E-state index in [1.807, 2.05) is 6.92 Å². The van der Waals surface area contributed by atoms with Gasteiger partial charge in [0.1, 0.15) is 5.82 Å². The topological polar surface area (TPSA) is 59.0 Å². The molecule has 1 aliphatic rings. The van der Waals surface area contributed by atoms with E-state index in [1.54, 1.807) is 23.0 Å². The lowest BCUT2D eigenvalue weighted by Crippen LogP contribution is -2.36. The number of carbonyl (C=O) groups excluding carboxylic acids is 1. The van der Waals surface area contributed by atoms with Crippen molar-refractivity contribution >= 4 is 18.3 Å². The first-order valence-corrected chi connectivity index (χ1v) is 6.97. The SMILES string of the molecule is Cc1c(C(=O)NC2CCNC2)cnn1-c1ccc(F)cc1.Cl. The number of nitrogens with zero attached hydrogens (tertiary/aromatic N) is 2. The van der Waals surface area contributed by atoms with Crippen LogP contribution in [0.15, 0.2) is 30.5 Å². The largest absolute Gasteiger partial charge is 0.348 e. The molecule has 7 heteroatoms. The van der Waals surface area contributed by atoms with Crippen LogP contribution >= 0.6 is 12.4 Å². The molecule has 22 heavy (non-hydrogen) atoms. The van der Waals surface area contributed by atoms with Gasteiger partial charge in [-0.3, -0.25) is 4.79 Å². The van der Waals surface area contributed by atoms with Crippen molar-refractivity contribution in [1.82, 2.24) is 20.4 Å². The van der Waals surface area contributed by atoms with E-state index in [0.29, 0.717) is 5.56 Å². The Morgan fingerprint density at radius 3 is 2.77 bits per heavy atom. The number of hydrogen-bond acceptors (Lipinski definition) is 3. The zero-order valence-electron chi connectivity index (χ0n) is 12.2. The summed E-state index contributed by atoms with van der Waals surface area (Å²) in [5.74, 6) is -0.412. The lowest BCUT2D eigenvalue weighted by atomic mass is 10.2. The highest BCUT2D eigenvalue weighted by Gasteiger charge is 2.20. The van der Waals surface area contributed by atoms with Crippen LogP contribution in [0.25, 0.3) is 5.69 Å². The summed E-state index contributed by atoms with van der Waals surface area (Å²) in [5, 5.41) is 10.4. The number of hydrogen-bond donors (Lipinski definition) is 2. The molecular formula is C15H18ClFN4O. The van der Waals surface area contributed by atoms with Crippen molar-refractivity contribution in [2.45, 2.75) is 19.4 Å². The van der Waals surface area contributed by atoms with Gasteiger partial charge in [0.05, 0.1) is 23.1 Å². The number of amides is 1. The number of aromatic nitrogens is 2. The Balaban J connectivity index is 0.00000176. The van der Waals surface area contributed by atoms with E-state index in [-0.39, 0.29) is 30.2 Å². The van der Waals surface area contributed by atoms with E-state index in [0.717, 1.165) is 30.9 Å². The third-order valence-corrected chi connectivity index (χ3v) is 3.72. The molecular weight excluding hydrogens is 307 g/mol. The van der Waals surface area contributed by atoms with Gasteiger partial charge in [0.25, 0.3) is 5.91 Å². The van der Waals surface area contributed by atoms with Crippen LogP contribution in [0.5, 0.6) is 0 Å². The van der Waals surface area contributed by atoms with Gasteiger partial charge in [-0.1, -0.05) is 0 Å². The number of halogens is 2. The molecule has 1 saturated heterocycles. The molecule has 0 radical (unpaired) electrons. The Kier molecular flexibility index (Phi) is 5.15. The van der Waals surface area contributed by atoms with Crippen LogP contribution in [0.4, 0.5) is 4.39 Å². The minimum atomic E-state index is -0.296. The summed E-state index contributed by atoms with van der Waals surface area (Å²) in [7, 11) is 0. The van der Waals surface area contributed by atoms with Crippen molar-refractivity contribution in [2.75, 3.05) is 13.1 Å². The first-order chi connectivity index (χ1) is 10.1. The zero-order valence-corrected chi connectivity index (χ0v) is 13.0. The number of carbonyl (C=O) groups is 1. The maximum absolute atomic E-state index is 13.0. The third-order valence-electron chi connectivity index (χ3n) is 3.72. The molecule has 1 atom stereocenters. The lowest BCUT2D eigenvalue weighted by molar-refractivity contribution is 0.0939. The van der Waals surface area contributed by atoms with Gasteiger partial charge in [0.15, 0.2) is 0 Å². The Morgan fingerprint density at radius 1 is 1.41 bits per heavy atom. The van der Waals surface area contributed by atoms with E-state index >= 15 is 0 Å². The molecule has 1 amide bonds. The summed E-state index contributed by atoms with van der Waals surface area (Å²) in [5.41, 5.74) is 2.02. The molecule has 118 valence electrons. The molecule has 0 bridgehead atoms. The first-order valence-electron chi connectivity index (χ1n) is 6.97. The quantitative estimate of drug-likeness (QED) is 0.905. The molecule has 2 heterocycles. The molecule has 2 aromatic rings. The smallest absolute Gasteiger partial charge is 0.255 e. The normalized spacial score (nSPS) is 17.1. The van der Waals surface area contributed by atoms with Crippen molar-refractivity contribution in [3.05, 3.63) is 47.5 Å². The average molecular weight is 325 g/mol. The van der Waals surface area contributed by atoms with Crippen molar-refractivity contribution < 1.29 is 9.18 Å². The maximum Gasteiger partial charge on any atom is 0.255 e. The molecule has 0 saturated carbocycles. The highest BCUT2D eigenvalue weighted by molar-refractivity contribution is 5.95. The van der Waals surface area contributed by atoms with Crippen molar-refractivity contribution in [1.29, 1.82) is 0 Å². The molecule has 2 N–H and O–H groups in total. The van der Waals surface area contributed by atoms with Crippen LogP contribution in [0.3, 0.4) is 0 Å². The Bertz CT molecular complexity index is 650. The van der Waals surface area contributed by atoms with E-state index in [1.165, 1.54) is 12.1 Å². The number of benzene rings is 1. The Labute approximate surface area is 134 Å². The summed E-state index contributed by atoms with van der Waals surface area (Å²) in [6.07, 6.45) is 2.49. The second-order valence-electron chi connectivity index (χ2n) is 5.20. The molecule has 1 aromatic heterocycles. The van der Waals surface area contributed by atoms with E-state index < -0.39 is 0 Å². The lowest BCUT2D eigenvalue weighted by Gasteiger charge is -2.11. The first kappa shape index (κ1) is 16.5. The van der Waals surface area contributed by atoms with E-state index in [4.69, 9.17) is 0 Å². The van der Waals surface area contributed by atoms with Gasteiger partial charge in [-0.25, -0.2) is 9.07 Å². The van der Waals surface area contributed by atoms with Gasteiger partial charge in [0.2, 0.25) is 0 Å². The van der Waals surface area contributed by atoms with Crippen LogP contribution in [0.2, 0.25) is 0 Å². The maximum atomic E-state index is 13.0. The van der Waals surface area contributed by atoms with Crippen LogP contribution in [0.1, 0.15) is 22.5 Å². The molecule has 5 nitrogen and oxygen atoms in total. The second kappa shape index (κ2) is 6.89. The standard InChI is InChI=1S/C15H17FN4O.ClH/c1-10-14(15(21)19-12-6-7-17-8-12)9-18-20(10)13-4-2-11(16)3-5-13;/h2-5,9,12,17H,6-8H2,1H3,(H,19,21);1H. The zero-order chi connectivity index (χ0) is 14.8. The van der Waals surface area contributed by atoms with Crippen molar-refractivity contribution in [2.24, 2.45) is 0 Å². The van der Waals surface area contributed by atoms with Crippen LogP contribution in [-0.2, 0) is 0 Å². The third kappa shape index (κ3) is 3.28. The Morgan fingerprint density at radius 2 is 2.14 bits per heavy atom. The molecule has 1 unspecified atom stereocenters. The summed E-state index contributed by atoms with van der Waals surface area (Å²) in [4.78, 5) is 12.3. The fraction of sp³-hybridized carbons (Fsp3) is 0.333. The van der Waals surface area contributed by atoms with Crippen LogP contribution < -0.4 is 10.6 Å². The molecule has 1 aromatic carbocycles. The van der Waals surface area contributed by atoms with Gasteiger partial charge >= 0.3 is 0 Å². The van der Waals surface area contributed by atoms with Gasteiger partial charge < -0.3 is 10.6 Å². The van der Waals surface area contributed by atoms with Gasteiger partial charge in [-0.2, -0.15) is 5.10 Å². The fourth-order valence-corrected chi connectivity index (χ4v) is 2.52. The molecule has 1 fully saturated rings.